The highest BCUT2D eigenvalue weighted by Crippen LogP contribution is 2.22. The monoisotopic (exact) mass is 224 g/mol. The smallest absolute Gasteiger partial charge is 0.157 e. The molecule has 0 amide bonds. The highest BCUT2D eigenvalue weighted by molar-refractivity contribution is 5.05. The topological polar surface area (TPSA) is 52.0 Å². The summed E-state index contributed by atoms with van der Waals surface area (Å²) in [6.45, 7) is 8.82. The number of ether oxygens (including phenoxy) is 1. The summed E-state index contributed by atoms with van der Waals surface area (Å²) in [5.41, 5.74) is -0.0158. The lowest BCUT2D eigenvalue weighted by atomic mass is 9.96. The molecule has 0 aliphatic carbocycles. The molecule has 1 saturated heterocycles. The Bertz CT molecular complexity index is 361. The summed E-state index contributed by atoms with van der Waals surface area (Å²) in [5, 5.41) is 7.76. The van der Waals surface area contributed by atoms with Gasteiger partial charge in [-0.05, 0) is 0 Å². The lowest BCUT2D eigenvalue weighted by Crippen LogP contribution is -2.34. The zero-order chi connectivity index (χ0) is 11.8. The van der Waals surface area contributed by atoms with Crippen molar-refractivity contribution in [1.29, 1.82) is 0 Å². The van der Waals surface area contributed by atoms with Crippen LogP contribution in [-0.4, -0.2) is 34.5 Å². The van der Waals surface area contributed by atoms with Gasteiger partial charge in [-0.3, -0.25) is 4.68 Å². The van der Waals surface area contributed by atoms with Crippen molar-refractivity contribution in [2.24, 2.45) is 7.05 Å². The van der Waals surface area contributed by atoms with Gasteiger partial charge < -0.3 is 10.1 Å². The van der Waals surface area contributed by atoms with E-state index in [0.29, 0.717) is 0 Å². The molecule has 1 aliphatic rings. The molecule has 0 aromatic carbocycles. The average Bonchev–Trinajstić information content (AvgIpc) is 2.61. The van der Waals surface area contributed by atoms with Crippen LogP contribution in [0.25, 0.3) is 0 Å². The molecule has 1 unspecified atom stereocenters. The van der Waals surface area contributed by atoms with E-state index < -0.39 is 0 Å². The summed E-state index contributed by atoms with van der Waals surface area (Å²) in [4.78, 5) is 4.59. The first-order valence-electron chi connectivity index (χ1n) is 5.72. The molecule has 5 nitrogen and oxygen atoms in total. The predicted octanol–water partition coefficient (Wildman–Crippen LogP) is 0.773. The Labute approximate surface area is 96.2 Å². The maximum atomic E-state index is 5.68. The number of aromatic nitrogens is 3. The number of nitrogens with one attached hydrogen (secondary N) is 1. The van der Waals surface area contributed by atoms with Crippen molar-refractivity contribution in [2.45, 2.75) is 32.3 Å². The minimum Gasteiger partial charge on any atom is -0.368 e. The predicted molar refractivity (Wildman–Crippen MR) is 61.3 cm³/mol. The second-order valence-electron chi connectivity index (χ2n) is 5.23. The van der Waals surface area contributed by atoms with E-state index in [1.165, 1.54) is 0 Å². The highest BCUT2D eigenvalue weighted by atomic mass is 16.5. The van der Waals surface area contributed by atoms with Crippen LogP contribution in [0.3, 0.4) is 0 Å². The number of rotatable bonds is 1. The first-order chi connectivity index (χ1) is 7.48. The van der Waals surface area contributed by atoms with Gasteiger partial charge >= 0.3 is 0 Å². The van der Waals surface area contributed by atoms with Gasteiger partial charge in [0.15, 0.2) is 11.6 Å². The van der Waals surface area contributed by atoms with Crippen LogP contribution in [0, 0.1) is 0 Å². The molecule has 1 N–H and O–H groups in total. The van der Waals surface area contributed by atoms with Crippen LogP contribution < -0.4 is 5.32 Å². The van der Waals surface area contributed by atoms with E-state index in [4.69, 9.17) is 4.74 Å². The highest BCUT2D eigenvalue weighted by Gasteiger charge is 2.26. The molecule has 1 aromatic heterocycles. The van der Waals surface area contributed by atoms with Crippen molar-refractivity contribution >= 4 is 0 Å². The molecule has 0 bridgehead atoms. The molecular formula is C11H20N4O. The molecule has 2 heterocycles. The second kappa shape index (κ2) is 4.14. The Morgan fingerprint density at radius 2 is 2.19 bits per heavy atom. The number of hydrogen-bond donors (Lipinski definition) is 1. The molecule has 5 heteroatoms. The number of aryl methyl sites for hydroxylation is 1. The van der Waals surface area contributed by atoms with Crippen molar-refractivity contribution in [1.82, 2.24) is 20.1 Å². The van der Waals surface area contributed by atoms with E-state index in [2.05, 4.69) is 36.2 Å². The van der Waals surface area contributed by atoms with Gasteiger partial charge in [-0.15, -0.1) is 0 Å². The third-order valence-corrected chi connectivity index (χ3v) is 2.68. The fraction of sp³-hybridized carbons (Fsp3) is 0.818. The molecule has 16 heavy (non-hydrogen) atoms. The van der Waals surface area contributed by atoms with Gasteiger partial charge in [0.2, 0.25) is 0 Å². The van der Waals surface area contributed by atoms with Gasteiger partial charge in [-0.1, -0.05) is 20.8 Å². The zero-order valence-corrected chi connectivity index (χ0v) is 10.4. The Kier molecular flexibility index (Phi) is 2.99. The van der Waals surface area contributed by atoms with Crippen LogP contribution >= 0.6 is 0 Å². The normalized spacial score (nSPS) is 22.4. The summed E-state index contributed by atoms with van der Waals surface area (Å²) < 4.78 is 7.52. The van der Waals surface area contributed by atoms with Gasteiger partial charge in [0, 0.05) is 25.6 Å². The van der Waals surface area contributed by atoms with Gasteiger partial charge in [0.25, 0.3) is 0 Å². The number of nitrogens with zero attached hydrogens (tertiary/aromatic N) is 3. The fourth-order valence-electron chi connectivity index (χ4n) is 1.73. The molecule has 0 saturated carbocycles. The summed E-state index contributed by atoms with van der Waals surface area (Å²) >= 11 is 0. The quantitative estimate of drug-likeness (QED) is 0.765. The van der Waals surface area contributed by atoms with Crippen LogP contribution in [0.2, 0.25) is 0 Å². The van der Waals surface area contributed by atoms with Crippen molar-refractivity contribution < 1.29 is 4.74 Å². The molecule has 1 fully saturated rings. The van der Waals surface area contributed by atoms with Crippen molar-refractivity contribution in [2.75, 3.05) is 19.7 Å². The van der Waals surface area contributed by atoms with Gasteiger partial charge in [0.05, 0.1) is 6.61 Å². The lowest BCUT2D eigenvalue weighted by molar-refractivity contribution is 0.0199. The van der Waals surface area contributed by atoms with Gasteiger partial charge in [0.1, 0.15) is 6.10 Å². The molecule has 0 radical (unpaired) electrons. The molecule has 1 aromatic rings. The van der Waals surface area contributed by atoms with Crippen LogP contribution in [0.5, 0.6) is 0 Å². The van der Waals surface area contributed by atoms with Crippen molar-refractivity contribution in [3.63, 3.8) is 0 Å². The summed E-state index contributed by atoms with van der Waals surface area (Å²) in [7, 11) is 1.93. The first kappa shape index (κ1) is 11.5. The van der Waals surface area contributed by atoms with E-state index in [1.807, 2.05) is 11.7 Å². The number of morpholine rings is 1. The summed E-state index contributed by atoms with van der Waals surface area (Å²) in [6.07, 6.45) is 0.0300. The van der Waals surface area contributed by atoms with E-state index in [9.17, 15) is 0 Å². The largest absolute Gasteiger partial charge is 0.368 e. The zero-order valence-electron chi connectivity index (χ0n) is 10.4. The maximum absolute atomic E-state index is 5.68. The minimum absolute atomic E-state index is 0.0158. The van der Waals surface area contributed by atoms with Crippen molar-refractivity contribution in [3.05, 3.63) is 11.6 Å². The molecule has 1 aliphatic heterocycles. The van der Waals surface area contributed by atoms with E-state index in [1.54, 1.807) is 0 Å². The van der Waals surface area contributed by atoms with Crippen LogP contribution in [-0.2, 0) is 17.2 Å². The Morgan fingerprint density at radius 3 is 2.69 bits per heavy atom. The molecule has 2 rings (SSSR count). The van der Waals surface area contributed by atoms with Crippen LogP contribution in [0.4, 0.5) is 0 Å². The lowest BCUT2D eigenvalue weighted by Gasteiger charge is -2.22. The minimum atomic E-state index is -0.0158. The van der Waals surface area contributed by atoms with Gasteiger partial charge in [-0.25, -0.2) is 4.98 Å². The Hall–Kier alpha value is -0.940. The maximum Gasteiger partial charge on any atom is 0.157 e. The van der Waals surface area contributed by atoms with E-state index in [-0.39, 0.29) is 11.5 Å². The standard InChI is InChI=1S/C11H20N4O/c1-11(2,3)10-13-9(15(4)14-10)8-7-12-5-6-16-8/h8,12H,5-7H2,1-4H3. The van der Waals surface area contributed by atoms with Crippen LogP contribution in [0.15, 0.2) is 0 Å². The van der Waals surface area contributed by atoms with Crippen molar-refractivity contribution in [3.8, 4) is 0 Å². The Morgan fingerprint density at radius 1 is 1.44 bits per heavy atom. The average molecular weight is 224 g/mol. The summed E-state index contributed by atoms with van der Waals surface area (Å²) in [6, 6.07) is 0. The van der Waals surface area contributed by atoms with E-state index >= 15 is 0 Å². The summed E-state index contributed by atoms with van der Waals surface area (Å²) in [5.74, 6) is 1.79. The van der Waals surface area contributed by atoms with Gasteiger partial charge in [-0.2, -0.15) is 5.10 Å². The number of hydrogen-bond acceptors (Lipinski definition) is 4. The second-order valence-corrected chi connectivity index (χ2v) is 5.23. The molecule has 90 valence electrons. The van der Waals surface area contributed by atoms with E-state index in [0.717, 1.165) is 31.3 Å². The molecule has 1 atom stereocenters. The first-order valence-corrected chi connectivity index (χ1v) is 5.72. The van der Waals surface area contributed by atoms with Crippen LogP contribution in [0.1, 0.15) is 38.5 Å². The molecule has 0 spiro atoms. The fourth-order valence-corrected chi connectivity index (χ4v) is 1.73. The Balaban J connectivity index is 2.24. The molecular weight excluding hydrogens is 204 g/mol. The SMILES string of the molecule is Cn1nc(C(C)(C)C)nc1C1CNCCO1. The third-order valence-electron chi connectivity index (χ3n) is 2.68. The third kappa shape index (κ3) is 2.25.